The molecule has 4 N–H and O–H groups in total. The molecule has 0 aliphatic rings. The molecule has 1 heterocycles. The smallest absolute Gasteiger partial charge is 0.0627 e. The van der Waals surface area contributed by atoms with Crippen molar-refractivity contribution < 1.29 is 0 Å². The summed E-state index contributed by atoms with van der Waals surface area (Å²) in [5.74, 6) is 0. The van der Waals surface area contributed by atoms with E-state index in [4.69, 9.17) is 11.5 Å². The lowest BCUT2D eigenvalue weighted by molar-refractivity contribution is 1.64. The second-order valence-electron chi connectivity index (χ2n) is 2.82. The Morgan fingerprint density at radius 2 is 1.92 bits per heavy atom. The van der Waals surface area contributed by atoms with Gasteiger partial charge in [-0.05, 0) is 28.5 Å². The lowest BCUT2D eigenvalue weighted by Gasteiger charge is -2.05. The molecular weight excluding hydrogens is 180 g/mol. The predicted molar refractivity (Wildman–Crippen MR) is 58.6 cm³/mol. The largest absolute Gasteiger partial charge is 0.397 e. The van der Waals surface area contributed by atoms with Gasteiger partial charge in [0, 0.05) is 5.56 Å². The van der Waals surface area contributed by atoms with Gasteiger partial charge in [-0.2, -0.15) is 11.3 Å². The van der Waals surface area contributed by atoms with E-state index in [1.165, 1.54) is 0 Å². The number of rotatable bonds is 1. The highest BCUT2D eigenvalue weighted by Gasteiger charge is 2.04. The van der Waals surface area contributed by atoms with Crippen LogP contribution in [0.1, 0.15) is 0 Å². The van der Waals surface area contributed by atoms with Crippen molar-refractivity contribution in [1.82, 2.24) is 0 Å². The molecule has 0 saturated heterocycles. The van der Waals surface area contributed by atoms with Gasteiger partial charge < -0.3 is 11.5 Å². The maximum absolute atomic E-state index is 5.85. The first-order valence-electron chi connectivity index (χ1n) is 3.95. The summed E-state index contributed by atoms with van der Waals surface area (Å²) in [5, 5.41) is 4.09. The fourth-order valence-corrected chi connectivity index (χ4v) is 1.91. The van der Waals surface area contributed by atoms with Crippen LogP contribution in [-0.4, -0.2) is 0 Å². The van der Waals surface area contributed by atoms with Gasteiger partial charge in [-0.15, -0.1) is 0 Å². The second kappa shape index (κ2) is 3.11. The third kappa shape index (κ3) is 1.38. The molecule has 66 valence electrons. The van der Waals surface area contributed by atoms with Gasteiger partial charge in [0.1, 0.15) is 0 Å². The van der Waals surface area contributed by atoms with E-state index in [-0.39, 0.29) is 0 Å². The van der Waals surface area contributed by atoms with Crippen LogP contribution in [0.3, 0.4) is 0 Å². The molecule has 13 heavy (non-hydrogen) atoms. The SMILES string of the molecule is Nc1cccc(-c2ccsc2)c1N. The van der Waals surface area contributed by atoms with Crippen LogP contribution in [0.2, 0.25) is 0 Å². The Hall–Kier alpha value is -1.48. The molecule has 3 heteroatoms. The molecule has 0 atom stereocenters. The summed E-state index contributed by atoms with van der Waals surface area (Å²) in [5.41, 5.74) is 15.0. The number of benzene rings is 1. The van der Waals surface area contributed by atoms with E-state index in [1.807, 2.05) is 29.6 Å². The van der Waals surface area contributed by atoms with E-state index in [0.29, 0.717) is 11.4 Å². The molecular formula is C10H10N2S. The topological polar surface area (TPSA) is 52.0 Å². The highest BCUT2D eigenvalue weighted by molar-refractivity contribution is 7.08. The van der Waals surface area contributed by atoms with Gasteiger partial charge in [0.2, 0.25) is 0 Å². The highest BCUT2D eigenvalue weighted by Crippen LogP contribution is 2.30. The summed E-state index contributed by atoms with van der Waals surface area (Å²) in [7, 11) is 0. The zero-order chi connectivity index (χ0) is 9.26. The number of hydrogen-bond donors (Lipinski definition) is 2. The van der Waals surface area contributed by atoms with Gasteiger partial charge in [-0.3, -0.25) is 0 Å². The number of nitrogen functional groups attached to an aromatic ring is 2. The number of thiophene rings is 1. The van der Waals surface area contributed by atoms with Gasteiger partial charge in [-0.1, -0.05) is 12.1 Å². The van der Waals surface area contributed by atoms with Gasteiger partial charge >= 0.3 is 0 Å². The van der Waals surface area contributed by atoms with Crippen molar-refractivity contribution in [2.75, 3.05) is 11.5 Å². The maximum Gasteiger partial charge on any atom is 0.0627 e. The Kier molecular flexibility index (Phi) is 1.94. The van der Waals surface area contributed by atoms with Gasteiger partial charge in [-0.25, -0.2) is 0 Å². The Balaban J connectivity index is 2.59. The first kappa shape index (κ1) is 8.13. The minimum Gasteiger partial charge on any atom is -0.397 e. The molecule has 0 aliphatic carbocycles. The van der Waals surface area contributed by atoms with Crippen LogP contribution in [0.15, 0.2) is 35.0 Å². The summed E-state index contributed by atoms with van der Waals surface area (Å²) in [6, 6.07) is 7.74. The number of nitrogens with two attached hydrogens (primary N) is 2. The van der Waals surface area contributed by atoms with Crippen LogP contribution in [0.4, 0.5) is 11.4 Å². The monoisotopic (exact) mass is 190 g/mol. The van der Waals surface area contributed by atoms with Crippen molar-refractivity contribution in [3.63, 3.8) is 0 Å². The summed E-state index contributed by atoms with van der Waals surface area (Å²) in [6.07, 6.45) is 0. The molecule has 1 aromatic heterocycles. The van der Waals surface area contributed by atoms with Crippen LogP contribution < -0.4 is 11.5 Å². The molecule has 0 fully saturated rings. The van der Waals surface area contributed by atoms with Crippen molar-refractivity contribution >= 4 is 22.7 Å². The molecule has 0 unspecified atom stereocenters. The normalized spacial score (nSPS) is 10.2. The fraction of sp³-hybridized carbons (Fsp3) is 0. The maximum atomic E-state index is 5.85. The zero-order valence-electron chi connectivity index (χ0n) is 7.03. The van der Waals surface area contributed by atoms with Crippen molar-refractivity contribution in [3.8, 4) is 11.1 Å². The Morgan fingerprint density at radius 1 is 1.08 bits per heavy atom. The quantitative estimate of drug-likeness (QED) is 0.679. The molecule has 0 aliphatic heterocycles. The molecule has 1 aromatic carbocycles. The van der Waals surface area contributed by atoms with Crippen LogP contribution in [-0.2, 0) is 0 Å². The molecule has 0 spiro atoms. The zero-order valence-corrected chi connectivity index (χ0v) is 7.84. The summed E-state index contributed by atoms with van der Waals surface area (Å²) < 4.78 is 0. The van der Waals surface area contributed by atoms with Crippen LogP contribution in [0, 0.1) is 0 Å². The number of para-hydroxylation sites is 1. The third-order valence-electron chi connectivity index (χ3n) is 1.97. The van der Waals surface area contributed by atoms with Crippen molar-refractivity contribution in [1.29, 1.82) is 0 Å². The minimum absolute atomic E-state index is 0.642. The van der Waals surface area contributed by atoms with E-state index < -0.39 is 0 Å². The predicted octanol–water partition coefficient (Wildman–Crippen LogP) is 2.58. The van der Waals surface area contributed by atoms with Crippen LogP contribution in [0.5, 0.6) is 0 Å². The van der Waals surface area contributed by atoms with Gasteiger partial charge in [0.25, 0.3) is 0 Å². The lowest BCUT2D eigenvalue weighted by Crippen LogP contribution is -1.95. The van der Waals surface area contributed by atoms with E-state index in [0.717, 1.165) is 11.1 Å². The second-order valence-corrected chi connectivity index (χ2v) is 3.60. The van der Waals surface area contributed by atoms with E-state index in [9.17, 15) is 0 Å². The molecule has 2 rings (SSSR count). The van der Waals surface area contributed by atoms with E-state index >= 15 is 0 Å². The van der Waals surface area contributed by atoms with Crippen molar-refractivity contribution in [3.05, 3.63) is 35.0 Å². The highest BCUT2D eigenvalue weighted by atomic mass is 32.1. The van der Waals surface area contributed by atoms with E-state index in [1.54, 1.807) is 11.3 Å². The summed E-state index contributed by atoms with van der Waals surface area (Å²) in [6.45, 7) is 0. The lowest BCUT2D eigenvalue weighted by atomic mass is 10.1. The van der Waals surface area contributed by atoms with E-state index in [2.05, 4.69) is 5.38 Å². The standard InChI is InChI=1S/C10H10N2S/c11-9-3-1-2-8(10(9)12)7-4-5-13-6-7/h1-6H,11-12H2. The fourth-order valence-electron chi connectivity index (χ4n) is 1.25. The van der Waals surface area contributed by atoms with Crippen molar-refractivity contribution in [2.24, 2.45) is 0 Å². The Morgan fingerprint density at radius 3 is 2.62 bits per heavy atom. The average Bonchev–Trinajstić information content (AvgIpc) is 2.62. The molecule has 0 amide bonds. The average molecular weight is 190 g/mol. The van der Waals surface area contributed by atoms with Crippen molar-refractivity contribution in [2.45, 2.75) is 0 Å². The third-order valence-corrected chi connectivity index (χ3v) is 2.66. The molecule has 2 aromatic rings. The summed E-state index contributed by atoms with van der Waals surface area (Å²) in [4.78, 5) is 0. The molecule has 0 bridgehead atoms. The summed E-state index contributed by atoms with van der Waals surface area (Å²) >= 11 is 1.65. The minimum atomic E-state index is 0.642. The Labute approximate surface area is 80.8 Å². The Bertz CT molecular complexity index is 407. The number of hydrogen-bond acceptors (Lipinski definition) is 3. The molecule has 2 nitrogen and oxygen atoms in total. The van der Waals surface area contributed by atoms with Crippen LogP contribution >= 0.6 is 11.3 Å². The van der Waals surface area contributed by atoms with Gasteiger partial charge in [0.05, 0.1) is 11.4 Å². The van der Waals surface area contributed by atoms with Gasteiger partial charge in [0.15, 0.2) is 0 Å². The first-order chi connectivity index (χ1) is 6.29. The molecule has 0 radical (unpaired) electrons. The first-order valence-corrected chi connectivity index (χ1v) is 4.90. The molecule has 0 saturated carbocycles. The number of anilines is 2. The van der Waals surface area contributed by atoms with Crippen LogP contribution in [0.25, 0.3) is 11.1 Å².